The molecule has 2 aliphatic rings. The first-order valence-electron chi connectivity index (χ1n) is 10.4. The molecular formula is C23H19N5O5S. The molecule has 0 saturated heterocycles. The fraction of sp³-hybridized carbons (Fsp3) is 0.174. The maximum absolute atomic E-state index is 13.3. The molecule has 3 aromatic rings. The molecule has 0 fully saturated rings. The standard InChI is InChI=1S/C23H19N5O5S/c1-2-27-12-21(33-26-27)25-20(29)13-34-23-24-17(22(30)28(23)16-6-4-3-5-7-16)10-15-8-9-18-19(11-15)32-14-31-18/h3-12H,2,13-14H2,1H3/b17-10+. The van der Waals surface area contributed by atoms with Crippen molar-refractivity contribution in [1.82, 2.24) is 5.27 Å². The highest BCUT2D eigenvalue weighted by molar-refractivity contribution is 8.14. The van der Waals surface area contributed by atoms with Crippen molar-refractivity contribution in [3.63, 3.8) is 0 Å². The SMILES string of the molecule is CC[n+]1cc(/N=C(/[O-])CSC2=N/C(=C/c3ccc4c(c3)OCO4)C(=O)N2c2ccccc2)on1. The first kappa shape index (κ1) is 21.7. The summed E-state index contributed by atoms with van der Waals surface area (Å²) in [7, 11) is 0. The van der Waals surface area contributed by atoms with Gasteiger partial charge in [-0.05, 0) is 48.7 Å². The fourth-order valence-electron chi connectivity index (χ4n) is 3.31. The number of benzene rings is 2. The van der Waals surface area contributed by atoms with Crippen LogP contribution >= 0.6 is 11.8 Å². The lowest BCUT2D eigenvalue weighted by atomic mass is 10.1. The van der Waals surface area contributed by atoms with E-state index in [2.05, 4.69) is 15.3 Å². The molecular weight excluding hydrogens is 458 g/mol. The molecule has 0 atom stereocenters. The number of aromatic nitrogens is 2. The van der Waals surface area contributed by atoms with Crippen LogP contribution in [0.15, 0.2) is 74.9 Å². The molecule has 0 N–H and O–H groups in total. The zero-order chi connectivity index (χ0) is 23.5. The minimum absolute atomic E-state index is 0.0282. The molecule has 11 heteroatoms. The van der Waals surface area contributed by atoms with Crippen molar-refractivity contribution < 1.29 is 28.6 Å². The first-order valence-corrected chi connectivity index (χ1v) is 11.4. The number of fused-ring (bicyclic) bond motifs is 1. The van der Waals surface area contributed by atoms with E-state index in [0.29, 0.717) is 28.9 Å². The predicted molar refractivity (Wildman–Crippen MR) is 124 cm³/mol. The largest absolute Gasteiger partial charge is 0.861 e. The van der Waals surface area contributed by atoms with Crippen molar-refractivity contribution in [3.05, 3.63) is 66.0 Å². The second-order valence-electron chi connectivity index (χ2n) is 7.20. The fourth-order valence-corrected chi connectivity index (χ4v) is 4.10. The minimum atomic E-state index is -0.430. The van der Waals surface area contributed by atoms with Gasteiger partial charge in [0.15, 0.2) is 23.2 Å². The van der Waals surface area contributed by atoms with Crippen LogP contribution in [0, 0.1) is 0 Å². The second-order valence-corrected chi connectivity index (χ2v) is 8.15. The molecule has 0 bridgehead atoms. The lowest BCUT2D eigenvalue weighted by Crippen LogP contribution is -2.32. The monoisotopic (exact) mass is 477 g/mol. The number of carbonyl (C=O) groups excluding carboxylic acids is 1. The number of hydrogen-bond donors (Lipinski definition) is 0. The van der Waals surface area contributed by atoms with E-state index in [-0.39, 0.29) is 30.0 Å². The highest BCUT2D eigenvalue weighted by Crippen LogP contribution is 2.34. The Balaban J connectivity index is 1.40. The van der Waals surface area contributed by atoms with Crippen LogP contribution in [-0.2, 0) is 11.3 Å². The molecule has 0 aliphatic carbocycles. The number of nitrogens with zero attached hydrogens (tertiary/aromatic N) is 5. The zero-order valence-corrected chi connectivity index (χ0v) is 18.9. The third-order valence-corrected chi connectivity index (χ3v) is 5.85. The Kier molecular flexibility index (Phi) is 6.00. The Bertz CT molecular complexity index is 1320. The van der Waals surface area contributed by atoms with Crippen molar-refractivity contribution in [3.8, 4) is 11.5 Å². The Morgan fingerprint density at radius 2 is 2.06 bits per heavy atom. The van der Waals surface area contributed by atoms with E-state index in [9.17, 15) is 9.90 Å². The van der Waals surface area contributed by atoms with Gasteiger partial charge in [-0.2, -0.15) is 0 Å². The van der Waals surface area contributed by atoms with E-state index < -0.39 is 5.90 Å². The van der Waals surface area contributed by atoms with E-state index >= 15 is 0 Å². The molecule has 5 rings (SSSR count). The van der Waals surface area contributed by atoms with Crippen LogP contribution in [-0.4, -0.2) is 34.8 Å². The Morgan fingerprint density at radius 3 is 2.85 bits per heavy atom. The quantitative estimate of drug-likeness (QED) is 0.231. The number of ether oxygens (including phenoxy) is 2. The van der Waals surface area contributed by atoms with E-state index in [1.807, 2.05) is 43.3 Å². The maximum atomic E-state index is 13.3. The lowest BCUT2D eigenvalue weighted by Gasteiger charge is -2.18. The van der Waals surface area contributed by atoms with Crippen LogP contribution < -0.4 is 24.2 Å². The molecule has 0 spiro atoms. The summed E-state index contributed by atoms with van der Waals surface area (Å²) in [5, 5.41) is 16.5. The molecule has 0 saturated carbocycles. The average molecular weight is 478 g/mol. The highest BCUT2D eigenvalue weighted by Gasteiger charge is 2.32. The van der Waals surface area contributed by atoms with Gasteiger partial charge in [0.25, 0.3) is 12.1 Å². The topological polar surface area (TPSA) is 116 Å². The van der Waals surface area contributed by atoms with E-state index in [4.69, 9.17) is 14.0 Å². The van der Waals surface area contributed by atoms with Crippen LogP contribution in [0.4, 0.5) is 11.6 Å². The maximum Gasteiger partial charge on any atom is 0.320 e. The summed E-state index contributed by atoms with van der Waals surface area (Å²) in [6, 6.07) is 14.5. The Hall–Kier alpha value is -4.12. The van der Waals surface area contributed by atoms with Gasteiger partial charge in [0.1, 0.15) is 5.70 Å². The van der Waals surface area contributed by atoms with E-state index in [0.717, 1.165) is 17.3 Å². The molecule has 0 unspecified atom stereocenters. The molecule has 34 heavy (non-hydrogen) atoms. The highest BCUT2D eigenvalue weighted by atomic mass is 32.2. The van der Waals surface area contributed by atoms with Crippen LogP contribution in [0.3, 0.4) is 0 Å². The molecule has 172 valence electrons. The van der Waals surface area contributed by atoms with Crippen LogP contribution in [0.25, 0.3) is 6.08 Å². The van der Waals surface area contributed by atoms with E-state index in [1.165, 1.54) is 9.58 Å². The van der Waals surface area contributed by atoms with Gasteiger partial charge < -0.3 is 14.6 Å². The van der Waals surface area contributed by atoms with Gasteiger partial charge in [-0.25, -0.2) is 9.98 Å². The number of amidine groups is 1. The first-order chi connectivity index (χ1) is 16.6. The molecule has 0 radical (unpaired) electrons. The second kappa shape index (κ2) is 9.40. The number of para-hydroxylation sites is 1. The predicted octanol–water partition coefficient (Wildman–Crippen LogP) is 2.28. The summed E-state index contributed by atoms with van der Waals surface area (Å²) in [6.07, 6.45) is 3.22. The summed E-state index contributed by atoms with van der Waals surface area (Å²) in [4.78, 5) is 23.2. The Labute approximate surface area is 198 Å². The molecule has 2 aromatic carbocycles. The summed E-state index contributed by atoms with van der Waals surface area (Å²) >= 11 is 1.12. The van der Waals surface area contributed by atoms with Crippen molar-refractivity contribution >= 4 is 46.4 Å². The number of hydrogen-bond acceptors (Lipinski definition) is 9. The molecule has 2 aliphatic heterocycles. The number of anilines is 1. The van der Waals surface area contributed by atoms with Gasteiger partial charge in [-0.1, -0.05) is 40.7 Å². The van der Waals surface area contributed by atoms with Gasteiger partial charge >= 0.3 is 5.88 Å². The van der Waals surface area contributed by atoms with Crippen molar-refractivity contribution in [2.24, 2.45) is 9.98 Å². The summed E-state index contributed by atoms with van der Waals surface area (Å²) < 4.78 is 17.3. The molecule has 10 nitrogen and oxygen atoms in total. The summed E-state index contributed by atoms with van der Waals surface area (Å²) in [6.45, 7) is 2.66. The molecule has 3 heterocycles. The van der Waals surface area contributed by atoms with Crippen LogP contribution in [0.1, 0.15) is 12.5 Å². The van der Waals surface area contributed by atoms with Gasteiger partial charge in [0.2, 0.25) is 12.1 Å². The smallest absolute Gasteiger partial charge is 0.320 e. The van der Waals surface area contributed by atoms with Gasteiger partial charge in [-0.3, -0.25) is 14.2 Å². The van der Waals surface area contributed by atoms with E-state index in [1.54, 1.807) is 24.4 Å². The number of aryl methyl sites for hydroxylation is 1. The lowest BCUT2D eigenvalue weighted by molar-refractivity contribution is -0.759. The van der Waals surface area contributed by atoms with Gasteiger partial charge in [0, 0.05) is 5.75 Å². The molecule has 1 aromatic heterocycles. The van der Waals surface area contributed by atoms with Gasteiger partial charge in [0.05, 0.1) is 5.69 Å². The third-order valence-electron chi connectivity index (χ3n) is 4.93. The average Bonchev–Trinajstić information content (AvgIpc) is 3.57. The number of aliphatic imine (C=N–C) groups is 2. The minimum Gasteiger partial charge on any atom is -0.861 e. The normalized spacial score (nSPS) is 16.4. The third kappa shape index (κ3) is 4.50. The number of rotatable bonds is 6. The molecule has 1 amide bonds. The van der Waals surface area contributed by atoms with Crippen LogP contribution in [0.2, 0.25) is 0 Å². The van der Waals surface area contributed by atoms with Crippen molar-refractivity contribution in [2.75, 3.05) is 17.4 Å². The number of amides is 1. The summed E-state index contributed by atoms with van der Waals surface area (Å²) in [5.41, 5.74) is 1.64. The number of thioether (sulfide) groups is 1. The summed E-state index contributed by atoms with van der Waals surface area (Å²) in [5.74, 6) is 0.641. The van der Waals surface area contributed by atoms with Crippen molar-refractivity contribution in [2.45, 2.75) is 13.5 Å². The van der Waals surface area contributed by atoms with Crippen LogP contribution in [0.5, 0.6) is 11.5 Å². The number of carbonyl (C=O) groups is 1. The Morgan fingerprint density at radius 1 is 1.24 bits per heavy atom. The van der Waals surface area contributed by atoms with Crippen molar-refractivity contribution in [1.29, 1.82) is 0 Å². The zero-order valence-electron chi connectivity index (χ0n) is 18.1. The van der Waals surface area contributed by atoms with Gasteiger partial charge in [-0.15, -0.1) is 0 Å².